The highest BCUT2D eigenvalue weighted by atomic mass is 16.6. The van der Waals surface area contributed by atoms with E-state index in [9.17, 15) is 14.9 Å². The quantitative estimate of drug-likeness (QED) is 0.379. The lowest BCUT2D eigenvalue weighted by Gasteiger charge is -2.10. The predicted molar refractivity (Wildman–Crippen MR) is 118 cm³/mol. The number of benzene rings is 2. The first kappa shape index (κ1) is 20.1. The van der Waals surface area contributed by atoms with Crippen LogP contribution in [0.4, 0.5) is 11.4 Å². The molecule has 4 rings (SSSR count). The van der Waals surface area contributed by atoms with E-state index in [4.69, 9.17) is 0 Å². The van der Waals surface area contributed by atoms with E-state index in [1.807, 2.05) is 62.0 Å². The highest BCUT2D eigenvalue weighted by molar-refractivity contribution is 6.04. The molecule has 4 aromatic rings. The van der Waals surface area contributed by atoms with Crippen LogP contribution in [0.5, 0.6) is 0 Å². The number of non-ortho nitro benzene ring substituents is 1. The minimum absolute atomic E-state index is 0.0751. The monoisotopic (exact) mass is 415 g/mol. The summed E-state index contributed by atoms with van der Waals surface area (Å²) in [6.07, 6.45) is 1.89. The van der Waals surface area contributed by atoms with Gasteiger partial charge < -0.3 is 9.88 Å². The van der Waals surface area contributed by atoms with Crippen molar-refractivity contribution in [2.45, 2.75) is 13.8 Å². The SMILES string of the molecule is Cc1ccc(NC(=O)c2cc(-c3cccn3C)nn2-c2cccc([N+](=O)[O-])c2)cc1C. The second-order valence-corrected chi connectivity index (χ2v) is 7.36. The number of anilines is 1. The first-order chi connectivity index (χ1) is 14.8. The molecule has 156 valence electrons. The lowest BCUT2D eigenvalue weighted by Crippen LogP contribution is -2.17. The highest BCUT2D eigenvalue weighted by Crippen LogP contribution is 2.25. The van der Waals surface area contributed by atoms with Gasteiger partial charge >= 0.3 is 0 Å². The number of carbonyl (C=O) groups is 1. The Morgan fingerprint density at radius 3 is 2.52 bits per heavy atom. The molecule has 1 N–H and O–H groups in total. The molecule has 0 unspecified atom stereocenters. The number of aryl methyl sites for hydroxylation is 3. The Labute approximate surface area is 178 Å². The van der Waals surface area contributed by atoms with Crippen molar-refractivity contribution in [1.82, 2.24) is 14.3 Å². The Bertz CT molecular complexity index is 1300. The van der Waals surface area contributed by atoms with Gasteiger partial charge in [0.15, 0.2) is 0 Å². The van der Waals surface area contributed by atoms with Gasteiger partial charge in [0.05, 0.1) is 16.3 Å². The highest BCUT2D eigenvalue weighted by Gasteiger charge is 2.20. The van der Waals surface area contributed by atoms with Crippen molar-refractivity contribution in [2.75, 3.05) is 5.32 Å². The Hall–Kier alpha value is -4.20. The van der Waals surface area contributed by atoms with Crippen LogP contribution in [0.15, 0.2) is 66.9 Å². The van der Waals surface area contributed by atoms with Crippen LogP contribution in [-0.4, -0.2) is 25.2 Å². The van der Waals surface area contributed by atoms with Crippen molar-refractivity contribution < 1.29 is 9.72 Å². The minimum atomic E-state index is -0.472. The summed E-state index contributed by atoms with van der Waals surface area (Å²) in [5, 5.41) is 18.7. The number of amides is 1. The molecule has 0 bridgehead atoms. The van der Waals surface area contributed by atoms with Gasteiger partial charge in [0.2, 0.25) is 0 Å². The molecule has 2 heterocycles. The lowest BCUT2D eigenvalue weighted by atomic mass is 10.1. The van der Waals surface area contributed by atoms with Crippen molar-refractivity contribution in [2.24, 2.45) is 7.05 Å². The molecule has 0 saturated carbocycles. The summed E-state index contributed by atoms with van der Waals surface area (Å²) in [6, 6.07) is 17.2. The summed E-state index contributed by atoms with van der Waals surface area (Å²) >= 11 is 0. The smallest absolute Gasteiger partial charge is 0.274 e. The number of nitro groups is 1. The number of aromatic nitrogens is 3. The Morgan fingerprint density at radius 2 is 1.84 bits per heavy atom. The van der Waals surface area contributed by atoms with Crippen LogP contribution in [0.25, 0.3) is 17.1 Å². The molecule has 31 heavy (non-hydrogen) atoms. The van der Waals surface area contributed by atoms with Gasteiger partial charge in [-0.2, -0.15) is 5.10 Å². The predicted octanol–water partition coefficient (Wildman–Crippen LogP) is 4.66. The number of rotatable bonds is 5. The van der Waals surface area contributed by atoms with Gasteiger partial charge in [-0.25, -0.2) is 4.68 Å². The number of carbonyl (C=O) groups excluding carboxylic acids is 1. The molecule has 0 fully saturated rings. The van der Waals surface area contributed by atoms with Crippen LogP contribution in [0.2, 0.25) is 0 Å². The summed E-state index contributed by atoms with van der Waals surface area (Å²) in [5.74, 6) is -0.359. The Kier molecular flexibility index (Phi) is 5.12. The first-order valence-electron chi connectivity index (χ1n) is 9.68. The largest absolute Gasteiger partial charge is 0.349 e. The fraction of sp³-hybridized carbons (Fsp3) is 0.130. The molecule has 1 amide bonds. The minimum Gasteiger partial charge on any atom is -0.349 e. The topological polar surface area (TPSA) is 95.0 Å². The van der Waals surface area contributed by atoms with Gasteiger partial charge in [0.25, 0.3) is 11.6 Å². The standard InChI is InChI=1S/C23H21N5O3/c1-15-9-10-17(12-16(15)2)24-23(29)22-14-20(21-8-5-11-26(21)3)25-27(22)18-6-4-7-19(13-18)28(30)31/h4-14H,1-3H3,(H,24,29). The van der Waals surface area contributed by atoms with E-state index >= 15 is 0 Å². The molecule has 8 heteroatoms. The van der Waals surface area contributed by atoms with Gasteiger partial charge in [-0.15, -0.1) is 0 Å². The van der Waals surface area contributed by atoms with Crippen molar-refractivity contribution >= 4 is 17.3 Å². The zero-order valence-corrected chi connectivity index (χ0v) is 17.4. The normalized spacial score (nSPS) is 10.8. The molecule has 0 spiro atoms. The molecule has 0 atom stereocenters. The van der Waals surface area contributed by atoms with Crippen LogP contribution in [-0.2, 0) is 7.05 Å². The zero-order chi connectivity index (χ0) is 22.1. The van der Waals surface area contributed by atoms with Crippen molar-refractivity contribution in [3.8, 4) is 17.1 Å². The summed E-state index contributed by atoms with van der Waals surface area (Å²) in [6.45, 7) is 3.98. The molecule has 8 nitrogen and oxygen atoms in total. The maximum absolute atomic E-state index is 13.2. The molecule has 2 aromatic heterocycles. The van der Waals surface area contributed by atoms with E-state index < -0.39 is 4.92 Å². The molecule has 0 saturated heterocycles. The number of nitrogens with zero attached hydrogens (tertiary/aromatic N) is 4. The molecule has 0 aliphatic carbocycles. The fourth-order valence-electron chi connectivity index (χ4n) is 3.34. The summed E-state index contributed by atoms with van der Waals surface area (Å²) in [4.78, 5) is 23.9. The molecule has 0 aliphatic rings. The van der Waals surface area contributed by atoms with Crippen molar-refractivity contribution in [3.63, 3.8) is 0 Å². The maximum Gasteiger partial charge on any atom is 0.274 e. The van der Waals surface area contributed by atoms with Crippen LogP contribution in [0.3, 0.4) is 0 Å². The average molecular weight is 415 g/mol. The van der Waals surface area contributed by atoms with Gasteiger partial charge in [0.1, 0.15) is 11.4 Å². The number of nitrogens with one attached hydrogen (secondary N) is 1. The number of nitro benzene ring substituents is 1. The maximum atomic E-state index is 13.2. The van der Waals surface area contributed by atoms with Crippen molar-refractivity contribution in [1.29, 1.82) is 0 Å². The number of hydrogen-bond acceptors (Lipinski definition) is 4. The average Bonchev–Trinajstić information content (AvgIpc) is 3.37. The second kappa shape index (κ2) is 7.91. The molecule has 0 aliphatic heterocycles. The van der Waals surface area contributed by atoms with Crippen LogP contribution in [0.1, 0.15) is 21.6 Å². The van der Waals surface area contributed by atoms with Gasteiger partial charge in [-0.3, -0.25) is 14.9 Å². The van der Waals surface area contributed by atoms with Crippen LogP contribution >= 0.6 is 0 Å². The summed E-state index contributed by atoms with van der Waals surface area (Å²) < 4.78 is 3.33. The van der Waals surface area contributed by atoms with E-state index in [0.717, 1.165) is 16.8 Å². The zero-order valence-electron chi connectivity index (χ0n) is 17.4. The first-order valence-corrected chi connectivity index (χ1v) is 9.68. The molecular formula is C23H21N5O3. The van der Waals surface area contributed by atoms with E-state index in [-0.39, 0.29) is 17.3 Å². The second-order valence-electron chi connectivity index (χ2n) is 7.36. The third-order valence-electron chi connectivity index (χ3n) is 5.20. The van der Waals surface area contributed by atoms with Crippen LogP contribution in [0, 0.1) is 24.0 Å². The fourth-order valence-corrected chi connectivity index (χ4v) is 3.34. The number of hydrogen-bond donors (Lipinski definition) is 1. The molecule has 2 aromatic carbocycles. The van der Waals surface area contributed by atoms with Gasteiger partial charge in [-0.05, 0) is 61.4 Å². The molecular weight excluding hydrogens is 394 g/mol. The van der Waals surface area contributed by atoms with E-state index in [0.29, 0.717) is 17.1 Å². The third-order valence-corrected chi connectivity index (χ3v) is 5.20. The van der Waals surface area contributed by atoms with E-state index in [1.54, 1.807) is 18.2 Å². The Balaban J connectivity index is 1.79. The summed E-state index contributed by atoms with van der Waals surface area (Å²) in [7, 11) is 1.89. The van der Waals surface area contributed by atoms with Crippen molar-refractivity contribution in [3.05, 3.63) is 93.8 Å². The lowest BCUT2D eigenvalue weighted by molar-refractivity contribution is -0.384. The summed E-state index contributed by atoms with van der Waals surface area (Å²) in [5.41, 5.74) is 4.90. The van der Waals surface area contributed by atoms with Gasteiger partial charge in [0, 0.05) is 31.1 Å². The molecule has 0 radical (unpaired) electrons. The van der Waals surface area contributed by atoms with Crippen LogP contribution < -0.4 is 5.32 Å². The van der Waals surface area contributed by atoms with E-state index in [2.05, 4.69) is 10.4 Å². The third kappa shape index (κ3) is 3.95. The Morgan fingerprint density at radius 1 is 1.03 bits per heavy atom. The van der Waals surface area contributed by atoms with Gasteiger partial charge in [-0.1, -0.05) is 12.1 Å². The van der Waals surface area contributed by atoms with E-state index in [1.165, 1.54) is 16.8 Å².